The lowest BCUT2D eigenvalue weighted by Gasteiger charge is -2.19. The Morgan fingerprint density at radius 2 is 1.94 bits per heavy atom. The van der Waals surface area contributed by atoms with Crippen molar-refractivity contribution in [1.82, 2.24) is 4.98 Å². The van der Waals surface area contributed by atoms with Crippen molar-refractivity contribution in [2.45, 2.75) is 51.1 Å². The molecule has 7 heteroatoms. The molecule has 166 valence electrons. The Hall–Kier alpha value is -2.70. The minimum Gasteiger partial charge on any atom is -0.491 e. The summed E-state index contributed by atoms with van der Waals surface area (Å²) < 4.78 is 37.4. The normalized spacial score (nSPS) is 22.8. The molecule has 1 aliphatic carbocycles. The van der Waals surface area contributed by atoms with Crippen molar-refractivity contribution >= 4 is 11.6 Å². The van der Waals surface area contributed by atoms with Crippen LogP contribution in [0.2, 0.25) is 0 Å². The summed E-state index contributed by atoms with van der Waals surface area (Å²) in [7, 11) is 0. The zero-order valence-corrected chi connectivity index (χ0v) is 17.9. The fraction of sp³-hybridized carbons (Fsp3) is 0.500. The molecular formula is C24H28F2N2O3. The molecule has 1 aliphatic heterocycles. The summed E-state index contributed by atoms with van der Waals surface area (Å²) in [6, 6.07) is 11.6. The van der Waals surface area contributed by atoms with Gasteiger partial charge >= 0.3 is 0 Å². The van der Waals surface area contributed by atoms with Crippen molar-refractivity contribution in [3.63, 3.8) is 0 Å². The van der Waals surface area contributed by atoms with Gasteiger partial charge in [-0.2, -0.15) is 0 Å². The number of aromatic nitrogens is 1. The van der Waals surface area contributed by atoms with Crippen LogP contribution in [0.15, 0.2) is 42.6 Å². The average Bonchev–Trinajstić information content (AvgIpc) is 3.11. The lowest BCUT2D eigenvalue weighted by Crippen LogP contribution is -2.25. The van der Waals surface area contributed by atoms with E-state index in [1.54, 1.807) is 19.2 Å². The van der Waals surface area contributed by atoms with Gasteiger partial charge in [0.1, 0.15) is 29.2 Å². The highest BCUT2D eigenvalue weighted by Gasteiger charge is 2.57. The fourth-order valence-corrected chi connectivity index (χ4v) is 3.94. The minimum atomic E-state index is -2.56. The van der Waals surface area contributed by atoms with Crippen molar-refractivity contribution in [1.29, 1.82) is 0 Å². The van der Waals surface area contributed by atoms with Crippen LogP contribution in [-0.2, 0) is 4.79 Å². The first-order chi connectivity index (χ1) is 14.8. The fourth-order valence-electron chi connectivity index (χ4n) is 3.94. The second-order valence-corrected chi connectivity index (χ2v) is 8.68. The first-order valence-electron chi connectivity index (χ1n) is 10.8. The Morgan fingerprint density at radius 1 is 1.23 bits per heavy atom. The van der Waals surface area contributed by atoms with Gasteiger partial charge in [-0.1, -0.05) is 19.1 Å². The number of nitrogens with zero attached hydrogens (tertiary/aromatic N) is 2. The molecule has 0 unspecified atom stereocenters. The number of ketones is 1. The molecule has 2 aromatic rings. The van der Waals surface area contributed by atoms with E-state index in [0.717, 1.165) is 36.6 Å². The molecule has 2 fully saturated rings. The second-order valence-electron chi connectivity index (χ2n) is 8.68. The molecule has 0 N–H and O–H groups in total. The maximum absolute atomic E-state index is 12.9. The summed E-state index contributed by atoms with van der Waals surface area (Å²) >= 11 is 0. The first kappa shape index (κ1) is 21.5. The van der Waals surface area contributed by atoms with Gasteiger partial charge in [-0.25, -0.2) is 13.8 Å². The van der Waals surface area contributed by atoms with Crippen LogP contribution in [-0.4, -0.2) is 42.5 Å². The molecule has 31 heavy (non-hydrogen) atoms. The monoisotopic (exact) mass is 430 g/mol. The predicted octanol–water partition coefficient (Wildman–Crippen LogP) is 4.86. The molecule has 1 aromatic heterocycles. The second kappa shape index (κ2) is 8.81. The highest BCUT2D eigenvalue weighted by Crippen LogP contribution is 2.48. The van der Waals surface area contributed by atoms with Crippen LogP contribution in [0.3, 0.4) is 0 Å². The van der Waals surface area contributed by atoms with Crippen molar-refractivity contribution < 1.29 is 23.0 Å². The summed E-state index contributed by atoms with van der Waals surface area (Å²) in [5.74, 6) is -0.690. The summed E-state index contributed by atoms with van der Waals surface area (Å²) in [4.78, 5) is 17.9. The van der Waals surface area contributed by atoms with E-state index in [1.165, 1.54) is 0 Å². The summed E-state index contributed by atoms with van der Waals surface area (Å²) in [5.41, 5.74) is 1.13. The molecule has 4 rings (SSSR count). The van der Waals surface area contributed by atoms with Gasteiger partial charge in [0.25, 0.3) is 5.92 Å². The average molecular weight is 430 g/mol. The van der Waals surface area contributed by atoms with Gasteiger partial charge in [-0.3, -0.25) is 0 Å². The predicted molar refractivity (Wildman–Crippen MR) is 114 cm³/mol. The van der Waals surface area contributed by atoms with Gasteiger partial charge in [-0.15, -0.1) is 0 Å². The van der Waals surface area contributed by atoms with E-state index >= 15 is 0 Å². The van der Waals surface area contributed by atoms with Crippen molar-refractivity contribution in [2.75, 3.05) is 24.6 Å². The third-order valence-electron chi connectivity index (χ3n) is 5.94. The number of halogens is 2. The van der Waals surface area contributed by atoms with Gasteiger partial charge in [0.2, 0.25) is 0 Å². The molecule has 1 saturated heterocycles. The molecule has 0 bridgehead atoms. The first-order valence-corrected chi connectivity index (χ1v) is 10.8. The zero-order chi connectivity index (χ0) is 22.0. The molecule has 1 aromatic carbocycles. The smallest absolute Gasteiger partial charge is 0.255 e. The third-order valence-corrected chi connectivity index (χ3v) is 5.94. The number of alkyl halides is 2. The van der Waals surface area contributed by atoms with E-state index in [2.05, 4.69) is 16.8 Å². The van der Waals surface area contributed by atoms with E-state index in [0.29, 0.717) is 12.2 Å². The number of ether oxygens (including phenoxy) is 2. The number of rotatable bonds is 9. The van der Waals surface area contributed by atoms with E-state index in [1.807, 2.05) is 30.3 Å². The Bertz CT molecular complexity index is 902. The Balaban J connectivity index is 1.26. The SMILES string of the molecule is CC(=O)C[C@@H](C)c1ccc(O[C@@H]2CCN(c3ccc(OC[C@H]4CC4(F)F)cn3)C2)cc1. The number of anilines is 1. The molecule has 1 saturated carbocycles. The van der Waals surface area contributed by atoms with E-state index in [4.69, 9.17) is 9.47 Å². The van der Waals surface area contributed by atoms with E-state index in [9.17, 15) is 13.6 Å². The number of hydrogen-bond donors (Lipinski definition) is 0. The Labute approximate surface area is 181 Å². The van der Waals surface area contributed by atoms with Crippen LogP contribution in [0, 0.1) is 5.92 Å². The number of carbonyl (C=O) groups excluding carboxylic acids is 1. The Morgan fingerprint density at radius 3 is 2.55 bits per heavy atom. The third kappa shape index (κ3) is 5.51. The molecule has 0 radical (unpaired) electrons. The largest absolute Gasteiger partial charge is 0.491 e. The van der Waals surface area contributed by atoms with E-state index in [-0.39, 0.29) is 30.8 Å². The standard InChI is InChI=1S/C24H28F2N2O3/c1-16(11-17(2)29)18-3-5-20(6-4-18)31-22-9-10-28(14-22)23-8-7-21(13-27-23)30-15-19-12-24(19,25)26/h3-8,13,16,19,22H,9-12,14-15H2,1-2H3/t16-,19-,22-/m1/s1. The molecule has 5 nitrogen and oxygen atoms in total. The topological polar surface area (TPSA) is 51.7 Å². The molecule has 0 amide bonds. The quantitative estimate of drug-likeness (QED) is 0.569. The van der Waals surface area contributed by atoms with Gasteiger partial charge in [0, 0.05) is 25.8 Å². The molecule has 2 heterocycles. The molecular weight excluding hydrogens is 402 g/mol. The maximum atomic E-state index is 12.9. The van der Waals surface area contributed by atoms with Crippen LogP contribution in [0.25, 0.3) is 0 Å². The van der Waals surface area contributed by atoms with Gasteiger partial charge in [0.05, 0.1) is 25.3 Å². The van der Waals surface area contributed by atoms with Crippen LogP contribution >= 0.6 is 0 Å². The van der Waals surface area contributed by atoms with E-state index < -0.39 is 11.8 Å². The lowest BCUT2D eigenvalue weighted by molar-refractivity contribution is -0.117. The zero-order valence-electron chi connectivity index (χ0n) is 17.9. The summed E-state index contributed by atoms with van der Waals surface area (Å²) in [6.07, 6.45) is 3.00. The number of Topliss-reactive ketones (excluding diaryl/α,β-unsaturated/α-hetero) is 1. The van der Waals surface area contributed by atoms with Crippen LogP contribution in [0.1, 0.15) is 44.6 Å². The molecule has 0 spiro atoms. The van der Waals surface area contributed by atoms with Gasteiger partial charge in [-0.05, 0) is 42.7 Å². The summed E-state index contributed by atoms with van der Waals surface area (Å²) in [6.45, 7) is 5.26. The molecule has 2 aliphatic rings. The van der Waals surface area contributed by atoms with Gasteiger partial charge in [0.15, 0.2) is 0 Å². The summed E-state index contributed by atoms with van der Waals surface area (Å²) in [5, 5.41) is 0. The number of hydrogen-bond acceptors (Lipinski definition) is 5. The van der Waals surface area contributed by atoms with Crippen molar-refractivity contribution in [2.24, 2.45) is 5.92 Å². The van der Waals surface area contributed by atoms with Crippen LogP contribution < -0.4 is 14.4 Å². The molecule has 3 atom stereocenters. The van der Waals surface area contributed by atoms with Gasteiger partial charge < -0.3 is 19.2 Å². The number of benzene rings is 1. The van der Waals surface area contributed by atoms with Crippen LogP contribution in [0.4, 0.5) is 14.6 Å². The Kier molecular flexibility index (Phi) is 6.12. The lowest BCUT2D eigenvalue weighted by atomic mass is 9.96. The highest BCUT2D eigenvalue weighted by atomic mass is 19.3. The highest BCUT2D eigenvalue weighted by molar-refractivity contribution is 5.76. The minimum absolute atomic E-state index is 0.0278. The van der Waals surface area contributed by atoms with Crippen LogP contribution in [0.5, 0.6) is 11.5 Å². The van der Waals surface area contributed by atoms with Crippen molar-refractivity contribution in [3.8, 4) is 11.5 Å². The maximum Gasteiger partial charge on any atom is 0.255 e. The number of pyridine rings is 1. The number of carbonyl (C=O) groups is 1. The van der Waals surface area contributed by atoms with Crippen molar-refractivity contribution in [3.05, 3.63) is 48.2 Å².